The van der Waals surface area contributed by atoms with Crippen molar-refractivity contribution in [2.45, 2.75) is 66.9 Å². The Balaban J connectivity index is 2.37. The first kappa shape index (κ1) is 14.8. The van der Waals surface area contributed by atoms with Gasteiger partial charge in [0.25, 0.3) is 0 Å². The van der Waals surface area contributed by atoms with Crippen LogP contribution >= 0.6 is 0 Å². The molecule has 3 aliphatic rings. The zero-order valence-electron chi connectivity index (χ0n) is 13.5. The van der Waals surface area contributed by atoms with Crippen LogP contribution in [-0.2, 0) is 0 Å². The van der Waals surface area contributed by atoms with Gasteiger partial charge in [0.2, 0.25) is 0 Å². The standard InChI is InChI=1S/C18H30O/c1-7-16(19)12(2)8-15-10-14-9-13(3)18(15,6)17(4,5)11-14/h8-9,14-16,19H,7,10-11H2,1-6H3. The van der Waals surface area contributed by atoms with Gasteiger partial charge in [0.15, 0.2) is 0 Å². The first-order valence-electron chi connectivity index (χ1n) is 7.77. The number of aliphatic hydroxyl groups excluding tert-OH is 1. The first-order valence-corrected chi connectivity index (χ1v) is 7.77. The molecule has 4 unspecified atom stereocenters. The molecule has 1 nitrogen and oxygen atoms in total. The molecule has 0 aromatic carbocycles. The Hall–Kier alpha value is -0.560. The molecule has 0 radical (unpaired) electrons. The zero-order chi connectivity index (χ0) is 14.4. The Labute approximate surface area is 118 Å². The third-order valence-corrected chi connectivity index (χ3v) is 6.16. The van der Waals surface area contributed by atoms with E-state index in [9.17, 15) is 5.11 Å². The van der Waals surface area contributed by atoms with E-state index in [0.29, 0.717) is 11.3 Å². The lowest BCUT2D eigenvalue weighted by atomic mass is 9.45. The van der Waals surface area contributed by atoms with Gasteiger partial charge in [0.05, 0.1) is 6.10 Å². The summed E-state index contributed by atoms with van der Waals surface area (Å²) in [4.78, 5) is 0. The lowest BCUT2D eigenvalue weighted by Gasteiger charge is -2.59. The van der Waals surface area contributed by atoms with E-state index in [1.54, 1.807) is 5.57 Å². The summed E-state index contributed by atoms with van der Waals surface area (Å²) in [7, 11) is 0. The van der Waals surface area contributed by atoms with E-state index in [1.807, 2.05) is 6.92 Å². The number of hydrogen-bond donors (Lipinski definition) is 1. The minimum absolute atomic E-state index is 0.246. The Morgan fingerprint density at radius 1 is 1.47 bits per heavy atom. The molecule has 0 spiro atoms. The highest BCUT2D eigenvalue weighted by atomic mass is 16.3. The van der Waals surface area contributed by atoms with E-state index in [4.69, 9.17) is 0 Å². The molecule has 19 heavy (non-hydrogen) atoms. The van der Waals surface area contributed by atoms with Crippen molar-refractivity contribution in [1.29, 1.82) is 0 Å². The summed E-state index contributed by atoms with van der Waals surface area (Å²) >= 11 is 0. The van der Waals surface area contributed by atoms with E-state index >= 15 is 0 Å². The minimum atomic E-state index is -0.267. The molecule has 2 bridgehead atoms. The maximum atomic E-state index is 10.0. The van der Waals surface area contributed by atoms with Gasteiger partial charge >= 0.3 is 0 Å². The summed E-state index contributed by atoms with van der Waals surface area (Å²) in [5, 5.41) is 10.0. The number of aliphatic hydroxyl groups is 1. The molecule has 3 aliphatic carbocycles. The average molecular weight is 262 g/mol. The van der Waals surface area contributed by atoms with Crippen LogP contribution in [0.15, 0.2) is 23.3 Å². The summed E-state index contributed by atoms with van der Waals surface area (Å²) in [5.41, 5.74) is 3.31. The second-order valence-electron chi connectivity index (χ2n) is 7.58. The van der Waals surface area contributed by atoms with Gasteiger partial charge in [0, 0.05) is 0 Å². The maximum absolute atomic E-state index is 10.0. The predicted octanol–water partition coefficient (Wildman–Crippen LogP) is 4.72. The molecule has 1 saturated carbocycles. The molecule has 0 saturated heterocycles. The second kappa shape index (κ2) is 4.77. The van der Waals surface area contributed by atoms with Gasteiger partial charge in [-0.3, -0.25) is 0 Å². The number of fused-ring (bicyclic) bond motifs is 2. The van der Waals surface area contributed by atoms with Gasteiger partial charge in [-0.2, -0.15) is 0 Å². The Morgan fingerprint density at radius 2 is 2.11 bits per heavy atom. The molecule has 1 N–H and O–H groups in total. The molecule has 1 heteroatoms. The lowest BCUT2D eigenvalue weighted by Crippen LogP contribution is -2.50. The van der Waals surface area contributed by atoms with Gasteiger partial charge in [-0.25, -0.2) is 0 Å². The molecule has 0 heterocycles. The molecular weight excluding hydrogens is 232 g/mol. The van der Waals surface area contributed by atoms with Crippen LogP contribution in [0.25, 0.3) is 0 Å². The molecule has 1 fully saturated rings. The van der Waals surface area contributed by atoms with Gasteiger partial charge in [-0.05, 0) is 61.3 Å². The van der Waals surface area contributed by atoms with Gasteiger partial charge in [-0.15, -0.1) is 0 Å². The quantitative estimate of drug-likeness (QED) is 0.729. The van der Waals surface area contributed by atoms with E-state index in [0.717, 1.165) is 17.9 Å². The van der Waals surface area contributed by atoms with Crippen LogP contribution in [0.1, 0.15) is 60.8 Å². The fraction of sp³-hybridized carbons (Fsp3) is 0.778. The highest BCUT2D eigenvalue weighted by Gasteiger charge is 2.54. The van der Waals surface area contributed by atoms with Crippen molar-refractivity contribution in [1.82, 2.24) is 0 Å². The zero-order valence-corrected chi connectivity index (χ0v) is 13.5. The summed E-state index contributed by atoms with van der Waals surface area (Å²) < 4.78 is 0. The molecule has 108 valence electrons. The average Bonchev–Trinajstić information content (AvgIpc) is 2.31. The highest BCUT2D eigenvalue weighted by molar-refractivity contribution is 5.30. The van der Waals surface area contributed by atoms with Gasteiger partial charge < -0.3 is 5.11 Å². The normalized spacial score (nSPS) is 39.1. The van der Waals surface area contributed by atoms with Crippen molar-refractivity contribution < 1.29 is 5.11 Å². The first-order chi connectivity index (χ1) is 8.72. The minimum Gasteiger partial charge on any atom is -0.389 e. The largest absolute Gasteiger partial charge is 0.389 e. The fourth-order valence-corrected chi connectivity index (χ4v) is 4.48. The summed E-state index contributed by atoms with van der Waals surface area (Å²) in [6.07, 6.45) is 7.98. The Bertz CT molecular complexity index is 415. The van der Waals surface area contributed by atoms with Crippen LogP contribution in [0.5, 0.6) is 0 Å². The lowest BCUT2D eigenvalue weighted by molar-refractivity contribution is -0.00798. The van der Waals surface area contributed by atoms with Crippen molar-refractivity contribution in [2.24, 2.45) is 22.7 Å². The van der Waals surface area contributed by atoms with Crippen molar-refractivity contribution >= 4 is 0 Å². The molecule has 0 aromatic heterocycles. The van der Waals surface area contributed by atoms with E-state index in [2.05, 4.69) is 46.8 Å². The number of rotatable bonds is 3. The molecule has 3 rings (SSSR count). The molecule has 0 amide bonds. The summed E-state index contributed by atoms with van der Waals surface area (Å²) in [6.45, 7) is 13.7. The van der Waals surface area contributed by atoms with Crippen LogP contribution in [0.4, 0.5) is 0 Å². The Kier molecular flexibility index (Phi) is 3.72. The smallest absolute Gasteiger partial charge is 0.0744 e. The van der Waals surface area contributed by atoms with Crippen LogP contribution < -0.4 is 0 Å². The maximum Gasteiger partial charge on any atom is 0.0744 e. The van der Waals surface area contributed by atoms with E-state index in [1.165, 1.54) is 12.8 Å². The number of allylic oxidation sites excluding steroid dienone is 3. The SMILES string of the molecule is CCC(O)C(C)=CC1CC2C=C(C)C1(C)C(C)(C)C2. The summed E-state index contributed by atoms with van der Waals surface area (Å²) in [5.74, 6) is 1.30. The topological polar surface area (TPSA) is 20.2 Å². The fourth-order valence-electron chi connectivity index (χ4n) is 4.48. The third kappa shape index (κ3) is 2.20. The van der Waals surface area contributed by atoms with Gasteiger partial charge in [-0.1, -0.05) is 45.4 Å². The van der Waals surface area contributed by atoms with Crippen molar-refractivity contribution in [2.75, 3.05) is 0 Å². The molecule has 4 atom stereocenters. The second-order valence-corrected chi connectivity index (χ2v) is 7.58. The van der Waals surface area contributed by atoms with Crippen molar-refractivity contribution in [3.63, 3.8) is 0 Å². The predicted molar refractivity (Wildman–Crippen MR) is 81.9 cm³/mol. The molecule has 0 aliphatic heterocycles. The van der Waals surface area contributed by atoms with Crippen LogP contribution in [0.3, 0.4) is 0 Å². The van der Waals surface area contributed by atoms with E-state index < -0.39 is 0 Å². The van der Waals surface area contributed by atoms with Gasteiger partial charge in [0.1, 0.15) is 0 Å². The Morgan fingerprint density at radius 3 is 2.63 bits per heavy atom. The molecule has 0 aromatic rings. The van der Waals surface area contributed by atoms with Crippen LogP contribution in [0, 0.1) is 22.7 Å². The highest BCUT2D eigenvalue weighted by Crippen LogP contribution is 2.63. The monoisotopic (exact) mass is 262 g/mol. The van der Waals surface area contributed by atoms with Crippen molar-refractivity contribution in [3.8, 4) is 0 Å². The van der Waals surface area contributed by atoms with Crippen LogP contribution in [-0.4, -0.2) is 11.2 Å². The molecular formula is C18H30O. The summed E-state index contributed by atoms with van der Waals surface area (Å²) in [6, 6.07) is 0. The number of hydrogen-bond acceptors (Lipinski definition) is 1. The van der Waals surface area contributed by atoms with Crippen molar-refractivity contribution in [3.05, 3.63) is 23.3 Å². The van der Waals surface area contributed by atoms with Crippen LogP contribution in [0.2, 0.25) is 0 Å². The van der Waals surface area contributed by atoms with E-state index in [-0.39, 0.29) is 11.5 Å². The third-order valence-electron chi connectivity index (χ3n) is 6.16.